The third-order valence-electron chi connectivity index (χ3n) is 2.18. The summed E-state index contributed by atoms with van der Waals surface area (Å²) in [4.78, 5) is 11.3. The van der Waals surface area contributed by atoms with Crippen LogP contribution in [0.3, 0.4) is 0 Å². The molecule has 0 aliphatic carbocycles. The largest absolute Gasteiger partial charge is 0.573 e. The highest BCUT2D eigenvalue weighted by Crippen LogP contribution is 2.23. The molecule has 0 saturated carbocycles. The van der Waals surface area contributed by atoms with Gasteiger partial charge in [0.25, 0.3) is 0 Å². The third-order valence-corrected chi connectivity index (χ3v) is 2.18. The quantitative estimate of drug-likeness (QED) is 0.836. The van der Waals surface area contributed by atoms with Crippen molar-refractivity contribution >= 4 is 5.97 Å². The normalized spacial score (nSPS) is 12.9. The van der Waals surface area contributed by atoms with Crippen LogP contribution < -0.4 is 10.5 Å². The molecule has 0 radical (unpaired) electrons. The molecule has 1 aromatic carbocycles. The fraction of sp³-hybridized carbons (Fsp3) is 0.417. The van der Waals surface area contributed by atoms with Gasteiger partial charge in [0.15, 0.2) is 0 Å². The second-order valence-electron chi connectivity index (χ2n) is 3.76. The maximum atomic E-state index is 12.0. The lowest BCUT2D eigenvalue weighted by atomic mass is 10.1. The van der Waals surface area contributed by atoms with E-state index in [9.17, 15) is 18.0 Å². The summed E-state index contributed by atoms with van der Waals surface area (Å²) < 4.78 is 44.6. The molecule has 0 bridgehead atoms. The number of alkyl halides is 3. The lowest BCUT2D eigenvalue weighted by Crippen LogP contribution is -2.34. The molecule has 1 unspecified atom stereocenters. The summed E-state index contributed by atoms with van der Waals surface area (Å²) in [6, 6.07) is 4.40. The van der Waals surface area contributed by atoms with Gasteiger partial charge in [0.05, 0.1) is 6.61 Å². The first-order chi connectivity index (χ1) is 8.81. The molecule has 1 aromatic rings. The van der Waals surface area contributed by atoms with Crippen LogP contribution in [0.5, 0.6) is 5.75 Å². The summed E-state index contributed by atoms with van der Waals surface area (Å²) >= 11 is 0. The van der Waals surface area contributed by atoms with Crippen LogP contribution in [-0.2, 0) is 16.0 Å². The highest BCUT2D eigenvalue weighted by atomic mass is 19.4. The van der Waals surface area contributed by atoms with E-state index in [-0.39, 0.29) is 18.8 Å². The summed E-state index contributed by atoms with van der Waals surface area (Å²) in [5.41, 5.74) is 6.04. The Morgan fingerprint density at radius 1 is 1.42 bits per heavy atom. The lowest BCUT2D eigenvalue weighted by Gasteiger charge is -2.12. The monoisotopic (exact) mass is 277 g/mol. The van der Waals surface area contributed by atoms with Crippen molar-refractivity contribution in [2.75, 3.05) is 6.61 Å². The molecule has 4 nitrogen and oxygen atoms in total. The van der Waals surface area contributed by atoms with Crippen molar-refractivity contribution in [2.24, 2.45) is 5.73 Å². The SMILES string of the molecule is CCOC(=O)C(N)Cc1cccc(OC(F)(F)F)c1. The van der Waals surface area contributed by atoms with Gasteiger partial charge in [0, 0.05) is 0 Å². The number of halogens is 3. The molecule has 106 valence electrons. The van der Waals surface area contributed by atoms with Gasteiger partial charge >= 0.3 is 12.3 Å². The summed E-state index contributed by atoms with van der Waals surface area (Å²) in [5, 5.41) is 0. The van der Waals surface area contributed by atoms with Crippen molar-refractivity contribution in [2.45, 2.75) is 25.7 Å². The average Bonchev–Trinajstić information content (AvgIpc) is 2.27. The maximum Gasteiger partial charge on any atom is 0.573 e. The smallest absolute Gasteiger partial charge is 0.465 e. The van der Waals surface area contributed by atoms with Gasteiger partial charge in [0.1, 0.15) is 11.8 Å². The molecule has 0 heterocycles. The van der Waals surface area contributed by atoms with Crippen LogP contribution in [0.15, 0.2) is 24.3 Å². The molecule has 2 N–H and O–H groups in total. The zero-order valence-electron chi connectivity index (χ0n) is 10.2. The first kappa shape index (κ1) is 15.3. The minimum absolute atomic E-state index is 0.0773. The molecule has 19 heavy (non-hydrogen) atoms. The van der Waals surface area contributed by atoms with Crippen LogP contribution in [0.1, 0.15) is 12.5 Å². The molecule has 0 saturated heterocycles. The van der Waals surface area contributed by atoms with E-state index in [4.69, 9.17) is 10.5 Å². The summed E-state index contributed by atoms with van der Waals surface area (Å²) in [6.45, 7) is 1.84. The highest BCUT2D eigenvalue weighted by Gasteiger charge is 2.31. The summed E-state index contributed by atoms with van der Waals surface area (Å²) in [7, 11) is 0. The van der Waals surface area contributed by atoms with Crippen molar-refractivity contribution in [1.82, 2.24) is 0 Å². The number of hydrogen-bond acceptors (Lipinski definition) is 4. The molecule has 0 aromatic heterocycles. The Morgan fingerprint density at radius 2 is 2.11 bits per heavy atom. The van der Waals surface area contributed by atoms with Gasteiger partial charge in [-0.1, -0.05) is 12.1 Å². The summed E-state index contributed by atoms with van der Waals surface area (Å²) in [6.07, 6.45) is -4.67. The number of ether oxygens (including phenoxy) is 2. The molecular formula is C12H14F3NO3. The fourth-order valence-electron chi connectivity index (χ4n) is 1.46. The Balaban J connectivity index is 2.69. The van der Waals surface area contributed by atoms with Gasteiger partial charge in [-0.05, 0) is 31.0 Å². The van der Waals surface area contributed by atoms with E-state index in [1.165, 1.54) is 18.2 Å². The molecule has 1 atom stereocenters. The molecule has 0 amide bonds. The number of hydrogen-bond donors (Lipinski definition) is 1. The van der Waals surface area contributed by atoms with Crippen LogP contribution in [-0.4, -0.2) is 25.0 Å². The summed E-state index contributed by atoms with van der Waals surface area (Å²) in [5.74, 6) is -0.939. The predicted molar refractivity (Wildman–Crippen MR) is 61.4 cm³/mol. The van der Waals surface area contributed by atoms with Crippen LogP contribution >= 0.6 is 0 Å². The van der Waals surface area contributed by atoms with Gasteiger partial charge in [0.2, 0.25) is 0 Å². The number of nitrogens with two attached hydrogens (primary N) is 1. The van der Waals surface area contributed by atoms with Crippen molar-refractivity contribution in [1.29, 1.82) is 0 Å². The molecule has 0 fully saturated rings. The van der Waals surface area contributed by atoms with Gasteiger partial charge in [-0.25, -0.2) is 0 Å². The van der Waals surface area contributed by atoms with E-state index in [1.807, 2.05) is 0 Å². The van der Waals surface area contributed by atoms with Gasteiger partial charge in [-0.3, -0.25) is 4.79 Å². The Bertz CT molecular complexity index is 434. The number of esters is 1. The Kier molecular flexibility index (Phi) is 5.17. The second kappa shape index (κ2) is 6.42. The van der Waals surface area contributed by atoms with Gasteiger partial charge in [-0.2, -0.15) is 0 Å². The van der Waals surface area contributed by atoms with E-state index < -0.39 is 18.4 Å². The molecule has 0 spiro atoms. The maximum absolute atomic E-state index is 12.0. The fourth-order valence-corrected chi connectivity index (χ4v) is 1.46. The Labute approximate surface area is 108 Å². The molecule has 7 heteroatoms. The van der Waals surface area contributed by atoms with Crippen molar-refractivity contribution in [3.05, 3.63) is 29.8 Å². The van der Waals surface area contributed by atoms with Crippen LogP contribution in [0.25, 0.3) is 0 Å². The molecule has 1 rings (SSSR count). The van der Waals surface area contributed by atoms with Gasteiger partial charge in [-0.15, -0.1) is 13.2 Å². The number of benzene rings is 1. The molecule has 0 aliphatic rings. The average molecular weight is 277 g/mol. The van der Waals surface area contributed by atoms with E-state index in [1.54, 1.807) is 13.0 Å². The van der Waals surface area contributed by atoms with Gasteiger partial charge < -0.3 is 15.2 Å². The Hall–Kier alpha value is -1.76. The second-order valence-corrected chi connectivity index (χ2v) is 3.76. The number of carbonyl (C=O) groups excluding carboxylic acids is 1. The minimum Gasteiger partial charge on any atom is -0.465 e. The molecule has 0 aliphatic heterocycles. The van der Waals surface area contributed by atoms with Crippen molar-refractivity contribution < 1.29 is 27.4 Å². The Morgan fingerprint density at radius 3 is 2.68 bits per heavy atom. The predicted octanol–water partition coefficient (Wildman–Crippen LogP) is 2.02. The first-order valence-electron chi connectivity index (χ1n) is 5.58. The molecular weight excluding hydrogens is 263 g/mol. The van der Waals surface area contributed by atoms with E-state index in [2.05, 4.69) is 4.74 Å². The third kappa shape index (κ3) is 5.60. The first-order valence-corrected chi connectivity index (χ1v) is 5.58. The lowest BCUT2D eigenvalue weighted by molar-refractivity contribution is -0.274. The van der Waals surface area contributed by atoms with Crippen LogP contribution in [0, 0.1) is 0 Å². The van der Waals surface area contributed by atoms with E-state index in [0.717, 1.165) is 0 Å². The van der Waals surface area contributed by atoms with Crippen LogP contribution in [0.4, 0.5) is 13.2 Å². The number of rotatable bonds is 5. The van der Waals surface area contributed by atoms with Crippen molar-refractivity contribution in [3.63, 3.8) is 0 Å². The highest BCUT2D eigenvalue weighted by molar-refractivity contribution is 5.75. The standard InChI is InChI=1S/C12H14F3NO3/c1-2-18-11(17)10(16)7-8-4-3-5-9(6-8)19-12(13,14)15/h3-6,10H,2,7,16H2,1H3. The van der Waals surface area contributed by atoms with E-state index >= 15 is 0 Å². The van der Waals surface area contributed by atoms with Crippen LogP contribution in [0.2, 0.25) is 0 Å². The zero-order valence-corrected chi connectivity index (χ0v) is 10.2. The van der Waals surface area contributed by atoms with E-state index in [0.29, 0.717) is 5.56 Å². The minimum atomic E-state index is -4.75. The zero-order chi connectivity index (χ0) is 14.5. The number of carbonyl (C=O) groups is 1. The topological polar surface area (TPSA) is 61.5 Å². The van der Waals surface area contributed by atoms with Crippen molar-refractivity contribution in [3.8, 4) is 5.75 Å².